The highest BCUT2D eigenvalue weighted by Gasteiger charge is 2.39. The Hall–Kier alpha value is -2.04. The molecule has 0 bridgehead atoms. The van der Waals surface area contributed by atoms with Gasteiger partial charge in [-0.05, 0) is 51.1 Å². The highest BCUT2D eigenvalue weighted by Crippen LogP contribution is 2.29. The van der Waals surface area contributed by atoms with E-state index in [-0.39, 0.29) is 5.91 Å². The third-order valence-electron chi connectivity index (χ3n) is 3.91. The number of hydrogen-bond acceptors (Lipinski definition) is 2. The molecular formula is C19H20Cl2N2O2. The zero-order valence-corrected chi connectivity index (χ0v) is 15.9. The molecular weight excluding hydrogens is 359 g/mol. The summed E-state index contributed by atoms with van der Waals surface area (Å²) in [5.41, 5.74) is -0.102. The first-order valence-electron chi connectivity index (χ1n) is 7.91. The fourth-order valence-electron chi connectivity index (χ4n) is 2.36. The van der Waals surface area contributed by atoms with Gasteiger partial charge in [0.15, 0.2) is 0 Å². The van der Waals surface area contributed by atoms with Crippen molar-refractivity contribution in [2.24, 2.45) is 5.41 Å². The standard InChI is InChI=1S/C19H20Cl2N2O2/c1-4-23(14-8-6-5-7-9-14)18(25)19(2,3)17(24)22-16-11-10-13(20)12-15(16)21/h5-12H,4H2,1-3H3,(H,22,24). The predicted molar refractivity (Wildman–Crippen MR) is 103 cm³/mol. The van der Waals surface area contributed by atoms with Crippen LogP contribution in [0.1, 0.15) is 20.8 Å². The Bertz CT molecular complexity index is 776. The van der Waals surface area contributed by atoms with E-state index in [4.69, 9.17) is 23.2 Å². The minimum Gasteiger partial charge on any atom is -0.324 e. The first-order chi connectivity index (χ1) is 11.8. The second-order valence-electron chi connectivity index (χ2n) is 6.09. The van der Waals surface area contributed by atoms with Crippen LogP contribution in [0, 0.1) is 5.41 Å². The molecule has 2 rings (SSSR count). The van der Waals surface area contributed by atoms with Gasteiger partial charge in [0.1, 0.15) is 5.41 Å². The highest BCUT2D eigenvalue weighted by atomic mass is 35.5. The fourth-order valence-corrected chi connectivity index (χ4v) is 2.81. The van der Waals surface area contributed by atoms with E-state index >= 15 is 0 Å². The topological polar surface area (TPSA) is 49.4 Å². The van der Waals surface area contributed by atoms with Crippen molar-refractivity contribution in [1.82, 2.24) is 0 Å². The minimum atomic E-state index is -1.27. The van der Waals surface area contributed by atoms with Crippen LogP contribution in [0.5, 0.6) is 0 Å². The first-order valence-corrected chi connectivity index (χ1v) is 8.66. The molecule has 0 saturated heterocycles. The molecule has 2 aromatic carbocycles. The summed E-state index contributed by atoms with van der Waals surface area (Å²) in [5, 5.41) is 3.50. The predicted octanol–water partition coefficient (Wildman–Crippen LogP) is 5.01. The molecule has 2 amide bonds. The number of carbonyl (C=O) groups excluding carboxylic acids is 2. The molecule has 0 aliphatic rings. The van der Waals surface area contributed by atoms with Crippen LogP contribution >= 0.6 is 23.2 Å². The zero-order chi connectivity index (χ0) is 18.6. The van der Waals surface area contributed by atoms with Gasteiger partial charge in [0.05, 0.1) is 10.7 Å². The second-order valence-corrected chi connectivity index (χ2v) is 6.93. The lowest BCUT2D eigenvalue weighted by Crippen LogP contribution is -2.47. The van der Waals surface area contributed by atoms with E-state index < -0.39 is 11.3 Å². The lowest BCUT2D eigenvalue weighted by Gasteiger charge is -2.30. The van der Waals surface area contributed by atoms with Crippen LogP contribution in [0.25, 0.3) is 0 Å². The van der Waals surface area contributed by atoms with Crippen molar-refractivity contribution < 1.29 is 9.59 Å². The fraction of sp³-hybridized carbons (Fsp3) is 0.263. The summed E-state index contributed by atoms with van der Waals surface area (Å²) in [7, 11) is 0. The minimum absolute atomic E-state index is 0.288. The normalized spacial score (nSPS) is 11.1. The van der Waals surface area contributed by atoms with Gasteiger partial charge >= 0.3 is 0 Å². The molecule has 0 unspecified atom stereocenters. The molecule has 0 aliphatic heterocycles. The Kier molecular flexibility index (Phi) is 6.09. The molecule has 0 aliphatic carbocycles. The summed E-state index contributed by atoms with van der Waals surface area (Å²) in [6.45, 7) is 5.52. The largest absolute Gasteiger partial charge is 0.324 e. The molecule has 0 aromatic heterocycles. The molecule has 132 valence electrons. The molecule has 0 atom stereocenters. The SMILES string of the molecule is CCN(C(=O)C(C)(C)C(=O)Nc1ccc(Cl)cc1Cl)c1ccccc1. The van der Waals surface area contributed by atoms with Crippen molar-refractivity contribution in [2.75, 3.05) is 16.8 Å². The Balaban J connectivity index is 2.23. The van der Waals surface area contributed by atoms with E-state index in [0.717, 1.165) is 5.69 Å². The third-order valence-corrected chi connectivity index (χ3v) is 4.46. The average Bonchev–Trinajstić information content (AvgIpc) is 2.58. The average molecular weight is 379 g/mol. The van der Waals surface area contributed by atoms with Crippen molar-refractivity contribution in [1.29, 1.82) is 0 Å². The number of nitrogens with one attached hydrogen (secondary N) is 1. The van der Waals surface area contributed by atoms with Crippen molar-refractivity contribution in [2.45, 2.75) is 20.8 Å². The first kappa shape index (κ1) is 19.3. The number of benzene rings is 2. The monoisotopic (exact) mass is 378 g/mol. The van der Waals surface area contributed by atoms with Crippen LogP contribution in [-0.2, 0) is 9.59 Å². The zero-order valence-electron chi connectivity index (χ0n) is 14.3. The van der Waals surface area contributed by atoms with E-state index in [0.29, 0.717) is 22.3 Å². The molecule has 0 spiro atoms. The summed E-state index contributed by atoms with van der Waals surface area (Å²) >= 11 is 12.0. The summed E-state index contributed by atoms with van der Waals surface area (Å²) in [6, 6.07) is 14.0. The van der Waals surface area contributed by atoms with Gasteiger partial charge in [0.25, 0.3) is 0 Å². The van der Waals surface area contributed by atoms with Gasteiger partial charge in [-0.25, -0.2) is 0 Å². The number of hydrogen-bond donors (Lipinski definition) is 1. The van der Waals surface area contributed by atoms with Gasteiger partial charge < -0.3 is 10.2 Å². The number of anilines is 2. The van der Waals surface area contributed by atoms with Gasteiger partial charge in [-0.15, -0.1) is 0 Å². The molecule has 0 radical (unpaired) electrons. The van der Waals surface area contributed by atoms with Crippen LogP contribution in [0.3, 0.4) is 0 Å². The molecule has 0 saturated carbocycles. The van der Waals surface area contributed by atoms with E-state index in [9.17, 15) is 9.59 Å². The Labute approximate surface area is 157 Å². The quantitative estimate of drug-likeness (QED) is 0.743. The Morgan fingerprint density at radius 1 is 1.08 bits per heavy atom. The van der Waals surface area contributed by atoms with Crippen molar-refractivity contribution in [3.05, 3.63) is 58.6 Å². The lowest BCUT2D eigenvalue weighted by molar-refractivity contribution is -0.136. The van der Waals surface area contributed by atoms with Gasteiger partial charge in [0, 0.05) is 17.3 Å². The van der Waals surface area contributed by atoms with Crippen LogP contribution in [0.15, 0.2) is 48.5 Å². The van der Waals surface area contributed by atoms with Crippen molar-refractivity contribution >= 4 is 46.4 Å². The van der Waals surface area contributed by atoms with Gasteiger partial charge in [-0.2, -0.15) is 0 Å². The maximum Gasteiger partial charge on any atom is 0.242 e. The number of para-hydroxylation sites is 1. The molecule has 25 heavy (non-hydrogen) atoms. The smallest absolute Gasteiger partial charge is 0.242 e. The molecule has 1 N–H and O–H groups in total. The Morgan fingerprint density at radius 2 is 1.72 bits per heavy atom. The van der Waals surface area contributed by atoms with Crippen LogP contribution in [0.4, 0.5) is 11.4 Å². The van der Waals surface area contributed by atoms with E-state index in [1.165, 1.54) is 6.07 Å². The van der Waals surface area contributed by atoms with Crippen LogP contribution in [0.2, 0.25) is 10.0 Å². The van der Waals surface area contributed by atoms with Gasteiger partial charge in [-0.3, -0.25) is 9.59 Å². The molecule has 0 heterocycles. The lowest BCUT2D eigenvalue weighted by atomic mass is 9.89. The summed E-state index contributed by atoms with van der Waals surface area (Å²) in [4.78, 5) is 27.3. The van der Waals surface area contributed by atoms with E-state index in [1.807, 2.05) is 37.3 Å². The van der Waals surface area contributed by atoms with Crippen molar-refractivity contribution in [3.8, 4) is 0 Å². The number of amides is 2. The summed E-state index contributed by atoms with van der Waals surface area (Å²) in [5.74, 6) is -0.722. The van der Waals surface area contributed by atoms with Crippen LogP contribution < -0.4 is 10.2 Å². The van der Waals surface area contributed by atoms with Crippen molar-refractivity contribution in [3.63, 3.8) is 0 Å². The number of nitrogens with zero attached hydrogens (tertiary/aromatic N) is 1. The number of carbonyl (C=O) groups is 2. The maximum absolute atomic E-state index is 13.0. The molecule has 4 nitrogen and oxygen atoms in total. The molecule has 6 heteroatoms. The summed E-state index contributed by atoms with van der Waals surface area (Å²) in [6.07, 6.45) is 0. The third kappa shape index (κ3) is 4.33. The second kappa shape index (κ2) is 7.89. The number of rotatable bonds is 5. The number of halogens is 2. The molecule has 2 aromatic rings. The summed E-state index contributed by atoms with van der Waals surface area (Å²) < 4.78 is 0. The van der Waals surface area contributed by atoms with Crippen LogP contribution in [-0.4, -0.2) is 18.4 Å². The van der Waals surface area contributed by atoms with E-state index in [2.05, 4.69) is 5.32 Å². The van der Waals surface area contributed by atoms with Gasteiger partial charge in [0.2, 0.25) is 11.8 Å². The van der Waals surface area contributed by atoms with Gasteiger partial charge in [-0.1, -0.05) is 41.4 Å². The molecule has 0 fully saturated rings. The maximum atomic E-state index is 13.0. The Morgan fingerprint density at radius 3 is 2.28 bits per heavy atom. The highest BCUT2D eigenvalue weighted by molar-refractivity contribution is 6.36. The van der Waals surface area contributed by atoms with E-state index in [1.54, 1.807) is 30.9 Å².